The predicted octanol–water partition coefficient (Wildman–Crippen LogP) is 2.26. The Morgan fingerprint density at radius 1 is 1.43 bits per heavy atom. The fourth-order valence-corrected chi connectivity index (χ4v) is 1.05. The Bertz CT molecular complexity index is 328. The molecular weight excluding hydrogens is 178 g/mol. The van der Waals surface area contributed by atoms with Gasteiger partial charge in [0.15, 0.2) is 0 Å². The van der Waals surface area contributed by atoms with E-state index in [0.29, 0.717) is 0 Å². The molecule has 1 aromatic rings. The predicted molar refractivity (Wildman–Crippen MR) is 56.2 cm³/mol. The maximum Gasteiger partial charge on any atom is 0.329 e. The first-order chi connectivity index (χ1) is 6.72. The average Bonchev–Trinajstić information content (AvgIpc) is 2.18. The van der Waals surface area contributed by atoms with Gasteiger partial charge in [0, 0.05) is 18.0 Å². The van der Waals surface area contributed by atoms with Crippen molar-refractivity contribution in [1.29, 1.82) is 0 Å². The SMILES string of the molecule is CCc1ccc(N/C=C/C(=O)O)cc1. The van der Waals surface area contributed by atoms with Crippen LogP contribution in [0.1, 0.15) is 12.5 Å². The maximum atomic E-state index is 10.2. The highest BCUT2D eigenvalue weighted by molar-refractivity contribution is 5.80. The number of nitrogens with one attached hydrogen (secondary N) is 1. The minimum absolute atomic E-state index is 0.889. The summed E-state index contributed by atoms with van der Waals surface area (Å²) >= 11 is 0. The topological polar surface area (TPSA) is 49.3 Å². The Morgan fingerprint density at radius 3 is 2.57 bits per heavy atom. The highest BCUT2D eigenvalue weighted by Gasteiger charge is 1.90. The molecule has 2 N–H and O–H groups in total. The minimum atomic E-state index is -0.956. The fourth-order valence-electron chi connectivity index (χ4n) is 1.05. The second kappa shape index (κ2) is 5.07. The van der Waals surface area contributed by atoms with Gasteiger partial charge in [-0.2, -0.15) is 0 Å². The van der Waals surface area contributed by atoms with Crippen LogP contribution in [0.3, 0.4) is 0 Å². The van der Waals surface area contributed by atoms with Gasteiger partial charge in [-0.15, -0.1) is 0 Å². The van der Waals surface area contributed by atoms with E-state index >= 15 is 0 Å². The van der Waals surface area contributed by atoms with Crippen LogP contribution in [0.4, 0.5) is 5.69 Å². The van der Waals surface area contributed by atoms with Gasteiger partial charge in [0.05, 0.1) is 0 Å². The molecule has 1 aromatic carbocycles. The lowest BCUT2D eigenvalue weighted by molar-refractivity contribution is -0.131. The lowest BCUT2D eigenvalue weighted by atomic mass is 10.1. The summed E-state index contributed by atoms with van der Waals surface area (Å²) in [5.74, 6) is -0.956. The smallest absolute Gasteiger partial charge is 0.329 e. The van der Waals surface area contributed by atoms with Crippen molar-refractivity contribution in [3.05, 3.63) is 42.1 Å². The van der Waals surface area contributed by atoms with Gasteiger partial charge in [0.2, 0.25) is 0 Å². The van der Waals surface area contributed by atoms with E-state index in [9.17, 15) is 4.79 Å². The van der Waals surface area contributed by atoms with E-state index in [1.165, 1.54) is 11.8 Å². The van der Waals surface area contributed by atoms with Crippen LogP contribution in [0, 0.1) is 0 Å². The first-order valence-corrected chi connectivity index (χ1v) is 4.47. The Labute approximate surface area is 83.1 Å². The van der Waals surface area contributed by atoms with Gasteiger partial charge in [-0.05, 0) is 24.1 Å². The molecule has 0 radical (unpaired) electrons. The zero-order valence-electron chi connectivity index (χ0n) is 8.03. The lowest BCUT2D eigenvalue weighted by Crippen LogP contribution is -1.92. The van der Waals surface area contributed by atoms with E-state index in [0.717, 1.165) is 18.2 Å². The summed E-state index contributed by atoms with van der Waals surface area (Å²) in [6.07, 6.45) is 3.47. The quantitative estimate of drug-likeness (QED) is 0.718. The molecule has 74 valence electrons. The van der Waals surface area contributed by atoms with Crippen molar-refractivity contribution in [3.8, 4) is 0 Å². The first-order valence-electron chi connectivity index (χ1n) is 4.47. The lowest BCUT2D eigenvalue weighted by Gasteiger charge is -2.01. The molecule has 0 aliphatic carbocycles. The molecule has 0 bridgehead atoms. The Hall–Kier alpha value is -1.77. The third-order valence-electron chi connectivity index (χ3n) is 1.84. The molecule has 0 heterocycles. The van der Waals surface area contributed by atoms with E-state index < -0.39 is 5.97 Å². The molecule has 3 nitrogen and oxygen atoms in total. The van der Waals surface area contributed by atoms with Crippen LogP contribution in [-0.2, 0) is 11.2 Å². The van der Waals surface area contributed by atoms with Crippen molar-refractivity contribution in [1.82, 2.24) is 0 Å². The van der Waals surface area contributed by atoms with Crippen LogP contribution in [0.15, 0.2) is 36.5 Å². The summed E-state index contributed by atoms with van der Waals surface area (Å²) in [5, 5.41) is 11.2. The number of benzene rings is 1. The molecule has 14 heavy (non-hydrogen) atoms. The third-order valence-corrected chi connectivity index (χ3v) is 1.84. The van der Waals surface area contributed by atoms with E-state index in [-0.39, 0.29) is 0 Å². The van der Waals surface area contributed by atoms with Gasteiger partial charge >= 0.3 is 5.97 Å². The van der Waals surface area contributed by atoms with Crippen molar-refractivity contribution in [2.45, 2.75) is 13.3 Å². The molecule has 3 heteroatoms. The van der Waals surface area contributed by atoms with Gasteiger partial charge in [-0.1, -0.05) is 19.1 Å². The molecule has 0 unspecified atom stereocenters. The minimum Gasteiger partial charge on any atom is -0.478 e. The standard InChI is InChI=1S/C11H13NO2/c1-2-9-3-5-10(6-4-9)12-8-7-11(13)14/h3-8,12H,2H2,1H3,(H,13,14)/b8-7+. The summed E-state index contributed by atoms with van der Waals surface area (Å²) in [7, 11) is 0. The third kappa shape index (κ3) is 3.31. The first kappa shape index (κ1) is 10.3. The van der Waals surface area contributed by atoms with Crippen molar-refractivity contribution in [2.24, 2.45) is 0 Å². The number of aliphatic carboxylic acids is 1. The highest BCUT2D eigenvalue weighted by atomic mass is 16.4. The van der Waals surface area contributed by atoms with Crippen LogP contribution in [-0.4, -0.2) is 11.1 Å². The number of anilines is 1. The largest absolute Gasteiger partial charge is 0.478 e. The molecular formula is C11H13NO2. The van der Waals surface area contributed by atoms with Crippen molar-refractivity contribution in [2.75, 3.05) is 5.32 Å². The van der Waals surface area contributed by atoms with Crippen LogP contribution in [0.2, 0.25) is 0 Å². The van der Waals surface area contributed by atoms with Crippen molar-refractivity contribution >= 4 is 11.7 Å². The van der Waals surface area contributed by atoms with Gasteiger partial charge in [-0.25, -0.2) is 4.79 Å². The van der Waals surface area contributed by atoms with Gasteiger partial charge < -0.3 is 10.4 Å². The van der Waals surface area contributed by atoms with E-state index in [2.05, 4.69) is 12.2 Å². The summed E-state index contributed by atoms with van der Waals surface area (Å²) in [6.45, 7) is 2.09. The number of hydrogen-bond donors (Lipinski definition) is 2. The summed E-state index contributed by atoms with van der Waals surface area (Å²) in [4.78, 5) is 10.2. The molecule has 1 rings (SSSR count). The molecule has 0 amide bonds. The number of carboxylic acid groups (broad SMARTS) is 1. The van der Waals surface area contributed by atoms with Gasteiger partial charge in [0.25, 0.3) is 0 Å². The zero-order valence-corrected chi connectivity index (χ0v) is 8.03. The molecule has 0 aliphatic rings. The Morgan fingerprint density at radius 2 is 2.07 bits per heavy atom. The average molecular weight is 191 g/mol. The number of rotatable bonds is 4. The normalized spacial score (nSPS) is 10.4. The van der Waals surface area contributed by atoms with Crippen LogP contribution < -0.4 is 5.32 Å². The summed E-state index contributed by atoms with van der Waals surface area (Å²) in [5.41, 5.74) is 2.15. The Balaban J connectivity index is 2.56. The van der Waals surface area contributed by atoms with Crippen LogP contribution in [0.25, 0.3) is 0 Å². The zero-order chi connectivity index (χ0) is 10.4. The van der Waals surface area contributed by atoms with Crippen LogP contribution >= 0.6 is 0 Å². The van der Waals surface area contributed by atoms with E-state index in [1.54, 1.807) is 0 Å². The molecule has 0 aliphatic heterocycles. The molecule has 0 fully saturated rings. The van der Waals surface area contributed by atoms with Crippen molar-refractivity contribution < 1.29 is 9.90 Å². The maximum absolute atomic E-state index is 10.2. The van der Waals surface area contributed by atoms with Gasteiger partial charge in [-0.3, -0.25) is 0 Å². The monoisotopic (exact) mass is 191 g/mol. The second-order valence-electron chi connectivity index (χ2n) is 2.87. The molecule has 0 saturated heterocycles. The fraction of sp³-hybridized carbons (Fsp3) is 0.182. The highest BCUT2D eigenvalue weighted by Crippen LogP contribution is 2.09. The second-order valence-corrected chi connectivity index (χ2v) is 2.87. The van der Waals surface area contributed by atoms with Crippen molar-refractivity contribution in [3.63, 3.8) is 0 Å². The summed E-state index contributed by atoms with van der Waals surface area (Å²) < 4.78 is 0. The molecule has 0 saturated carbocycles. The number of carboxylic acids is 1. The molecule has 0 aromatic heterocycles. The number of aryl methyl sites for hydroxylation is 1. The Kier molecular flexibility index (Phi) is 3.73. The van der Waals surface area contributed by atoms with E-state index in [1.807, 2.05) is 24.3 Å². The number of carbonyl (C=O) groups is 1. The van der Waals surface area contributed by atoms with E-state index in [4.69, 9.17) is 5.11 Å². The molecule has 0 spiro atoms. The molecule has 0 atom stereocenters. The number of hydrogen-bond acceptors (Lipinski definition) is 2. The van der Waals surface area contributed by atoms with Gasteiger partial charge in [0.1, 0.15) is 0 Å². The van der Waals surface area contributed by atoms with Crippen LogP contribution in [0.5, 0.6) is 0 Å². The summed E-state index contributed by atoms with van der Waals surface area (Å²) in [6, 6.07) is 7.87.